The first kappa shape index (κ1) is 15.5. The van der Waals surface area contributed by atoms with Crippen molar-refractivity contribution in [2.24, 2.45) is 0 Å². The molecule has 0 aliphatic rings. The lowest BCUT2D eigenvalue weighted by Crippen LogP contribution is -2.34. The summed E-state index contributed by atoms with van der Waals surface area (Å²) in [7, 11) is 0. The number of hydrogen-bond donors (Lipinski definition) is 2. The number of aryl methyl sites for hydroxylation is 1. The van der Waals surface area contributed by atoms with Crippen LogP contribution in [-0.4, -0.2) is 20.9 Å². The fourth-order valence-electron chi connectivity index (χ4n) is 1.60. The normalized spacial score (nSPS) is 9.86. The molecule has 1 heterocycles. The lowest BCUT2D eigenvalue weighted by molar-refractivity contribution is -0.384. The first-order valence-corrected chi connectivity index (χ1v) is 6.66. The molecule has 22 heavy (non-hydrogen) atoms. The molecule has 8 heteroatoms. The average Bonchev–Trinajstić information content (AvgIpc) is 2.49. The Kier molecular flexibility index (Phi) is 4.74. The van der Waals surface area contributed by atoms with Crippen LogP contribution >= 0.6 is 12.2 Å². The molecule has 0 saturated heterocycles. The predicted octanol–water partition coefficient (Wildman–Crippen LogP) is 2.43. The molecule has 0 radical (unpaired) electrons. The van der Waals surface area contributed by atoms with E-state index < -0.39 is 10.8 Å². The fraction of sp³-hybridized carbons (Fsp3) is 0.0714. The molecule has 0 fully saturated rings. The van der Waals surface area contributed by atoms with Gasteiger partial charge in [0, 0.05) is 23.9 Å². The van der Waals surface area contributed by atoms with E-state index in [1.807, 2.05) is 13.0 Å². The maximum absolute atomic E-state index is 12.0. The summed E-state index contributed by atoms with van der Waals surface area (Å²) < 4.78 is 0. The number of aromatic nitrogens is 1. The van der Waals surface area contributed by atoms with Crippen LogP contribution in [0.4, 0.5) is 11.5 Å². The standard InChI is InChI=1S/C14H12N4O3S/c1-9-2-7-12(15-8-9)16-14(22)17-13(19)10-3-5-11(6-4-10)18(20)21/h2-8H,1H3,(H2,15,16,17,19,22). The highest BCUT2D eigenvalue weighted by Gasteiger charge is 2.11. The summed E-state index contributed by atoms with van der Waals surface area (Å²) in [6.45, 7) is 1.91. The van der Waals surface area contributed by atoms with Crippen molar-refractivity contribution in [3.63, 3.8) is 0 Å². The molecule has 0 aliphatic carbocycles. The Balaban J connectivity index is 1.97. The van der Waals surface area contributed by atoms with Crippen LogP contribution < -0.4 is 10.6 Å². The predicted molar refractivity (Wildman–Crippen MR) is 85.8 cm³/mol. The van der Waals surface area contributed by atoms with E-state index in [1.54, 1.807) is 12.3 Å². The Morgan fingerprint density at radius 2 is 1.91 bits per heavy atom. The number of hydrogen-bond acceptors (Lipinski definition) is 5. The summed E-state index contributed by atoms with van der Waals surface area (Å²) in [6, 6.07) is 8.83. The number of rotatable bonds is 3. The Morgan fingerprint density at radius 1 is 1.23 bits per heavy atom. The third kappa shape index (κ3) is 4.06. The van der Waals surface area contributed by atoms with Crippen LogP contribution in [0.25, 0.3) is 0 Å². The van der Waals surface area contributed by atoms with Gasteiger partial charge in [-0.1, -0.05) is 6.07 Å². The zero-order chi connectivity index (χ0) is 16.1. The van der Waals surface area contributed by atoms with Crippen LogP contribution in [-0.2, 0) is 0 Å². The van der Waals surface area contributed by atoms with Crippen LogP contribution in [0.1, 0.15) is 15.9 Å². The lowest BCUT2D eigenvalue weighted by atomic mass is 10.2. The van der Waals surface area contributed by atoms with Crippen LogP contribution in [0.2, 0.25) is 0 Å². The number of anilines is 1. The van der Waals surface area contributed by atoms with E-state index >= 15 is 0 Å². The SMILES string of the molecule is Cc1ccc(NC(=S)NC(=O)c2ccc([N+](=O)[O-])cc2)nc1. The number of nitrogens with zero attached hydrogens (tertiary/aromatic N) is 2. The summed E-state index contributed by atoms with van der Waals surface area (Å²) >= 11 is 5.02. The molecule has 0 saturated carbocycles. The van der Waals surface area contributed by atoms with Crippen molar-refractivity contribution in [1.82, 2.24) is 10.3 Å². The average molecular weight is 316 g/mol. The topological polar surface area (TPSA) is 97.2 Å². The van der Waals surface area contributed by atoms with Gasteiger partial charge in [0.05, 0.1) is 4.92 Å². The second-order valence-corrected chi connectivity index (χ2v) is 4.84. The molecule has 2 aromatic rings. The van der Waals surface area contributed by atoms with Crippen LogP contribution in [0.3, 0.4) is 0 Å². The number of carbonyl (C=O) groups is 1. The summed E-state index contributed by atoms with van der Waals surface area (Å²) in [5.41, 5.74) is 1.19. The molecular formula is C14H12N4O3S. The van der Waals surface area contributed by atoms with Crippen molar-refractivity contribution in [2.45, 2.75) is 6.92 Å². The number of amides is 1. The van der Waals surface area contributed by atoms with E-state index in [1.165, 1.54) is 24.3 Å². The van der Waals surface area contributed by atoms with Gasteiger partial charge >= 0.3 is 0 Å². The molecule has 2 rings (SSSR count). The van der Waals surface area contributed by atoms with Crippen LogP contribution in [0.15, 0.2) is 42.6 Å². The number of nitrogens with one attached hydrogen (secondary N) is 2. The molecule has 112 valence electrons. The van der Waals surface area contributed by atoms with E-state index in [0.29, 0.717) is 5.82 Å². The minimum Gasteiger partial charge on any atom is -0.317 e. The second-order valence-electron chi connectivity index (χ2n) is 4.43. The van der Waals surface area contributed by atoms with Crippen molar-refractivity contribution in [1.29, 1.82) is 0 Å². The number of nitro benzene ring substituents is 1. The van der Waals surface area contributed by atoms with Gasteiger partial charge in [-0.2, -0.15) is 0 Å². The van der Waals surface area contributed by atoms with Crippen molar-refractivity contribution < 1.29 is 9.72 Å². The number of benzene rings is 1. The van der Waals surface area contributed by atoms with Crippen molar-refractivity contribution in [3.8, 4) is 0 Å². The first-order chi connectivity index (χ1) is 10.5. The van der Waals surface area contributed by atoms with E-state index in [4.69, 9.17) is 12.2 Å². The quantitative estimate of drug-likeness (QED) is 0.513. The van der Waals surface area contributed by atoms with Crippen molar-refractivity contribution in [3.05, 3.63) is 63.8 Å². The zero-order valence-corrected chi connectivity index (χ0v) is 12.4. The number of pyridine rings is 1. The van der Waals surface area contributed by atoms with Crippen molar-refractivity contribution in [2.75, 3.05) is 5.32 Å². The first-order valence-electron chi connectivity index (χ1n) is 6.25. The summed E-state index contributed by atoms with van der Waals surface area (Å²) in [4.78, 5) is 26.1. The molecule has 0 atom stereocenters. The van der Waals surface area contributed by atoms with E-state index in [9.17, 15) is 14.9 Å². The second kappa shape index (κ2) is 6.72. The zero-order valence-electron chi connectivity index (χ0n) is 11.6. The van der Waals surface area contributed by atoms with E-state index in [2.05, 4.69) is 15.6 Å². The molecule has 2 N–H and O–H groups in total. The van der Waals surface area contributed by atoms with Gasteiger partial charge in [0.2, 0.25) is 0 Å². The number of non-ortho nitro benzene ring substituents is 1. The van der Waals surface area contributed by atoms with Gasteiger partial charge in [-0.25, -0.2) is 4.98 Å². The highest BCUT2D eigenvalue weighted by molar-refractivity contribution is 7.80. The minimum absolute atomic E-state index is 0.0823. The molecule has 0 unspecified atom stereocenters. The highest BCUT2D eigenvalue weighted by atomic mass is 32.1. The maximum Gasteiger partial charge on any atom is 0.269 e. The van der Waals surface area contributed by atoms with Crippen LogP contribution in [0.5, 0.6) is 0 Å². The molecule has 7 nitrogen and oxygen atoms in total. The number of nitro groups is 1. The lowest BCUT2D eigenvalue weighted by Gasteiger charge is -2.08. The Hall–Kier alpha value is -2.87. The third-order valence-corrected chi connectivity index (χ3v) is 2.92. The Bertz CT molecular complexity index is 714. The van der Waals surface area contributed by atoms with Crippen LogP contribution in [0, 0.1) is 17.0 Å². The minimum atomic E-state index is -0.531. The molecule has 0 aliphatic heterocycles. The summed E-state index contributed by atoms with van der Waals surface area (Å²) in [5.74, 6) is 0.0547. The van der Waals surface area contributed by atoms with Gasteiger partial charge in [0.25, 0.3) is 11.6 Å². The fourth-order valence-corrected chi connectivity index (χ4v) is 1.80. The maximum atomic E-state index is 12.0. The van der Waals surface area contributed by atoms with Crippen molar-refractivity contribution >= 4 is 34.7 Å². The monoisotopic (exact) mass is 316 g/mol. The van der Waals surface area contributed by atoms with Gasteiger partial charge in [-0.15, -0.1) is 0 Å². The largest absolute Gasteiger partial charge is 0.317 e. The number of carbonyl (C=O) groups excluding carboxylic acids is 1. The summed E-state index contributed by atoms with van der Waals surface area (Å²) in [6.07, 6.45) is 1.67. The van der Waals surface area contributed by atoms with Gasteiger partial charge in [0.15, 0.2) is 5.11 Å². The summed E-state index contributed by atoms with van der Waals surface area (Å²) in [5, 5.41) is 15.9. The molecule has 1 amide bonds. The van der Waals surface area contributed by atoms with E-state index in [-0.39, 0.29) is 16.4 Å². The molecule has 0 bridgehead atoms. The molecule has 1 aromatic heterocycles. The molecule has 1 aromatic carbocycles. The Morgan fingerprint density at radius 3 is 2.45 bits per heavy atom. The molecular weight excluding hydrogens is 304 g/mol. The third-order valence-electron chi connectivity index (χ3n) is 2.72. The van der Waals surface area contributed by atoms with Gasteiger partial charge in [0.1, 0.15) is 5.82 Å². The highest BCUT2D eigenvalue weighted by Crippen LogP contribution is 2.11. The van der Waals surface area contributed by atoms with E-state index in [0.717, 1.165) is 5.56 Å². The Labute approximate surface area is 131 Å². The van der Waals surface area contributed by atoms with Gasteiger partial charge in [-0.3, -0.25) is 20.2 Å². The van der Waals surface area contributed by atoms with Gasteiger partial charge in [-0.05, 0) is 42.9 Å². The van der Waals surface area contributed by atoms with Gasteiger partial charge < -0.3 is 5.32 Å². The molecule has 0 spiro atoms. The smallest absolute Gasteiger partial charge is 0.269 e. The number of thiocarbonyl (C=S) groups is 1.